The number of allylic oxidation sites excluding steroid dienone is 2. The fraction of sp³-hybridized carbons (Fsp3) is 0.833. The summed E-state index contributed by atoms with van der Waals surface area (Å²) in [5, 5.41) is 0. The van der Waals surface area contributed by atoms with Crippen LogP contribution in [0, 0.1) is 11.8 Å². The van der Waals surface area contributed by atoms with Crippen LogP contribution in [0.2, 0.25) is 0 Å². The second-order valence-corrected chi connectivity index (χ2v) is 4.31. The largest absolute Gasteiger partial charge is 0.0856 e. The molecule has 0 aliphatic heterocycles. The van der Waals surface area contributed by atoms with Crippen LogP contribution in [0.5, 0.6) is 0 Å². The van der Waals surface area contributed by atoms with Gasteiger partial charge in [0.1, 0.15) is 0 Å². The van der Waals surface area contributed by atoms with Crippen molar-refractivity contribution in [2.24, 2.45) is 11.8 Å². The highest BCUT2D eigenvalue weighted by Crippen LogP contribution is 2.21. The van der Waals surface area contributed by atoms with Gasteiger partial charge in [-0.05, 0) is 32.1 Å². The summed E-state index contributed by atoms with van der Waals surface area (Å²) < 4.78 is 0. The number of hydrogen-bond donors (Lipinski definition) is 0. The topological polar surface area (TPSA) is 0 Å². The minimum atomic E-state index is 0.834. The minimum Gasteiger partial charge on any atom is -0.0856 e. The summed E-state index contributed by atoms with van der Waals surface area (Å²) in [4.78, 5) is 0. The van der Waals surface area contributed by atoms with E-state index in [-0.39, 0.29) is 0 Å². The second-order valence-electron chi connectivity index (χ2n) is 4.31. The van der Waals surface area contributed by atoms with Crippen molar-refractivity contribution in [3.05, 3.63) is 11.6 Å². The van der Waals surface area contributed by atoms with Gasteiger partial charge in [0, 0.05) is 0 Å². The summed E-state index contributed by atoms with van der Waals surface area (Å²) in [6, 6.07) is 0. The molecular weight excluding hydrogens is 144 g/mol. The summed E-state index contributed by atoms with van der Waals surface area (Å²) in [6.07, 6.45) is 6.34. The third-order valence-corrected chi connectivity index (χ3v) is 2.43. The van der Waals surface area contributed by atoms with E-state index >= 15 is 0 Å². The van der Waals surface area contributed by atoms with Crippen LogP contribution in [-0.2, 0) is 0 Å². The Labute approximate surface area is 78.1 Å². The SMILES string of the molecule is CCCC(CC=C(C)C)C(C)C. The molecule has 0 heterocycles. The van der Waals surface area contributed by atoms with Gasteiger partial charge >= 0.3 is 0 Å². The molecular formula is C12H24. The Bertz CT molecular complexity index is 127. The molecule has 1 unspecified atom stereocenters. The van der Waals surface area contributed by atoms with Crippen molar-refractivity contribution in [3.63, 3.8) is 0 Å². The van der Waals surface area contributed by atoms with Crippen molar-refractivity contribution in [2.75, 3.05) is 0 Å². The van der Waals surface area contributed by atoms with Crippen LogP contribution < -0.4 is 0 Å². The maximum atomic E-state index is 2.38. The van der Waals surface area contributed by atoms with Crippen molar-refractivity contribution in [1.82, 2.24) is 0 Å². The van der Waals surface area contributed by atoms with E-state index in [1.807, 2.05) is 0 Å². The van der Waals surface area contributed by atoms with Crippen LogP contribution in [0.15, 0.2) is 11.6 Å². The highest BCUT2D eigenvalue weighted by molar-refractivity contribution is 4.94. The lowest BCUT2D eigenvalue weighted by Crippen LogP contribution is -2.07. The molecule has 0 aromatic rings. The molecule has 0 rings (SSSR count). The van der Waals surface area contributed by atoms with Gasteiger partial charge in [0.25, 0.3) is 0 Å². The molecule has 0 heteroatoms. The Hall–Kier alpha value is -0.260. The maximum Gasteiger partial charge on any atom is -0.0317 e. The Kier molecular flexibility index (Phi) is 6.14. The minimum absolute atomic E-state index is 0.834. The van der Waals surface area contributed by atoms with Gasteiger partial charge in [0.05, 0.1) is 0 Å². The third-order valence-electron chi connectivity index (χ3n) is 2.43. The van der Waals surface area contributed by atoms with E-state index < -0.39 is 0 Å². The summed E-state index contributed by atoms with van der Waals surface area (Å²) in [7, 11) is 0. The Morgan fingerprint density at radius 2 is 1.83 bits per heavy atom. The molecule has 0 radical (unpaired) electrons. The smallest absolute Gasteiger partial charge is 0.0317 e. The molecule has 1 atom stereocenters. The molecule has 0 saturated heterocycles. The quantitative estimate of drug-likeness (QED) is 0.533. The molecule has 0 fully saturated rings. The molecule has 0 saturated carbocycles. The fourth-order valence-corrected chi connectivity index (χ4v) is 1.48. The van der Waals surface area contributed by atoms with Crippen LogP contribution in [0.3, 0.4) is 0 Å². The van der Waals surface area contributed by atoms with Crippen LogP contribution in [0.1, 0.15) is 53.9 Å². The highest BCUT2D eigenvalue weighted by atomic mass is 14.1. The molecule has 0 nitrogen and oxygen atoms in total. The van der Waals surface area contributed by atoms with Crippen LogP contribution >= 0.6 is 0 Å². The molecule has 0 aromatic heterocycles. The van der Waals surface area contributed by atoms with Gasteiger partial charge in [-0.15, -0.1) is 0 Å². The van der Waals surface area contributed by atoms with Crippen LogP contribution in [0.4, 0.5) is 0 Å². The van der Waals surface area contributed by atoms with Gasteiger partial charge in [-0.25, -0.2) is 0 Å². The zero-order chi connectivity index (χ0) is 9.56. The molecule has 0 spiro atoms. The zero-order valence-corrected chi connectivity index (χ0v) is 9.35. The summed E-state index contributed by atoms with van der Waals surface area (Å²) in [5.74, 6) is 1.73. The number of hydrogen-bond acceptors (Lipinski definition) is 0. The van der Waals surface area contributed by atoms with Crippen molar-refractivity contribution in [2.45, 2.75) is 53.9 Å². The fourth-order valence-electron chi connectivity index (χ4n) is 1.48. The van der Waals surface area contributed by atoms with E-state index in [4.69, 9.17) is 0 Å². The summed E-state index contributed by atoms with van der Waals surface area (Å²) >= 11 is 0. The molecule has 12 heavy (non-hydrogen) atoms. The number of rotatable bonds is 5. The summed E-state index contributed by atoms with van der Waals surface area (Å²) in [6.45, 7) is 11.3. The molecule has 0 aromatic carbocycles. The standard InChI is InChI=1S/C12H24/c1-6-7-12(11(4)5)9-8-10(2)3/h8,11-12H,6-7,9H2,1-5H3. The van der Waals surface area contributed by atoms with Gasteiger partial charge in [-0.2, -0.15) is 0 Å². The lowest BCUT2D eigenvalue weighted by molar-refractivity contribution is 0.359. The zero-order valence-electron chi connectivity index (χ0n) is 9.35. The van der Waals surface area contributed by atoms with E-state index in [1.165, 1.54) is 24.8 Å². The molecule has 0 N–H and O–H groups in total. The Morgan fingerprint density at radius 3 is 2.17 bits per heavy atom. The lowest BCUT2D eigenvalue weighted by atomic mass is 9.88. The average molecular weight is 168 g/mol. The molecule has 0 aliphatic carbocycles. The van der Waals surface area contributed by atoms with Crippen molar-refractivity contribution in [1.29, 1.82) is 0 Å². The van der Waals surface area contributed by atoms with E-state index in [2.05, 4.69) is 40.7 Å². The first-order valence-corrected chi connectivity index (χ1v) is 5.21. The first kappa shape index (κ1) is 11.7. The van der Waals surface area contributed by atoms with Crippen molar-refractivity contribution < 1.29 is 0 Å². The van der Waals surface area contributed by atoms with E-state index in [0.29, 0.717) is 0 Å². The predicted octanol–water partition coefficient (Wildman–Crippen LogP) is 4.42. The lowest BCUT2D eigenvalue weighted by Gasteiger charge is -2.18. The van der Waals surface area contributed by atoms with Gasteiger partial charge < -0.3 is 0 Å². The highest BCUT2D eigenvalue weighted by Gasteiger charge is 2.09. The monoisotopic (exact) mass is 168 g/mol. The first-order valence-electron chi connectivity index (χ1n) is 5.21. The normalized spacial score (nSPS) is 13.2. The molecule has 0 bridgehead atoms. The van der Waals surface area contributed by atoms with E-state index in [1.54, 1.807) is 0 Å². The molecule has 0 amide bonds. The maximum absolute atomic E-state index is 2.38. The molecule has 0 aliphatic rings. The van der Waals surface area contributed by atoms with E-state index in [9.17, 15) is 0 Å². The van der Waals surface area contributed by atoms with Gasteiger partial charge in [0.2, 0.25) is 0 Å². The van der Waals surface area contributed by atoms with Gasteiger partial charge in [-0.1, -0.05) is 45.3 Å². The van der Waals surface area contributed by atoms with Crippen LogP contribution in [-0.4, -0.2) is 0 Å². The van der Waals surface area contributed by atoms with Crippen LogP contribution in [0.25, 0.3) is 0 Å². The molecule has 72 valence electrons. The Morgan fingerprint density at radius 1 is 1.25 bits per heavy atom. The van der Waals surface area contributed by atoms with Gasteiger partial charge in [-0.3, -0.25) is 0 Å². The van der Waals surface area contributed by atoms with E-state index in [0.717, 1.165) is 11.8 Å². The first-order chi connectivity index (χ1) is 5.57. The van der Waals surface area contributed by atoms with Crippen molar-refractivity contribution >= 4 is 0 Å². The van der Waals surface area contributed by atoms with Gasteiger partial charge in [0.15, 0.2) is 0 Å². The van der Waals surface area contributed by atoms with Crippen molar-refractivity contribution in [3.8, 4) is 0 Å². The predicted molar refractivity (Wildman–Crippen MR) is 57.3 cm³/mol. The average Bonchev–Trinajstić information content (AvgIpc) is 1.96. The Balaban J connectivity index is 3.87. The second kappa shape index (κ2) is 6.28. The third kappa shape index (κ3) is 5.40. The summed E-state index contributed by atoms with van der Waals surface area (Å²) in [5.41, 5.74) is 1.46.